The largest absolute Gasteiger partial charge is 0.480 e. The lowest BCUT2D eigenvalue weighted by molar-refractivity contribution is -0.134. The van der Waals surface area contributed by atoms with Crippen molar-refractivity contribution in [3.63, 3.8) is 0 Å². The standard InChI is InChI=1S/C25H28ClN3O4S.ClH/c1-25(2,3)18-9-7-17(8-10-18)15-22(21-5-4-6-23(28-21)27-16-24(30)31)29-34(32,33)20-13-11-19(26)12-14-20;/h4-14,22,29H,15-16H2,1-3H3,(H,27,28)(H,30,31);1H. The molecule has 0 saturated heterocycles. The van der Waals surface area contributed by atoms with Crippen LogP contribution < -0.4 is 10.0 Å². The first-order valence-corrected chi connectivity index (χ1v) is 12.6. The van der Waals surface area contributed by atoms with Gasteiger partial charge in [0.05, 0.1) is 16.6 Å². The van der Waals surface area contributed by atoms with Crippen molar-refractivity contribution in [3.8, 4) is 0 Å². The molecule has 3 rings (SSSR count). The molecule has 1 aromatic heterocycles. The number of halogens is 2. The average Bonchev–Trinajstić information content (AvgIpc) is 2.77. The van der Waals surface area contributed by atoms with Crippen LogP contribution in [0, 0.1) is 0 Å². The van der Waals surface area contributed by atoms with Gasteiger partial charge in [0.1, 0.15) is 12.4 Å². The van der Waals surface area contributed by atoms with Gasteiger partial charge in [-0.15, -0.1) is 12.4 Å². The Bertz CT molecular complexity index is 1240. The number of rotatable bonds is 9. The topological polar surface area (TPSA) is 108 Å². The molecule has 0 radical (unpaired) electrons. The van der Waals surface area contributed by atoms with Crippen molar-refractivity contribution in [2.75, 3.05) is 11.9 Å². The Kier molecular flexibility index (Phi) is 9.68. The van der Waals surface area contributed by atoms with Gasteiger partial charge in [-0.2, -0.15) is 0 Å². The first-order chi connectivity index (χ1) is 15.9. The third-order valence-corrected chi connectivity index (χ3v) is 6.97. The van der Waals surface area contributed by atoms with Crippen molar-refractivity contribution < 1.29 is 18.3 Å². The van der Waals surface area contributed by atoms with E-state index in [1.54, 1.807) is 18.2 Å². The summed E-state index contributed by atoms with van der Waals surface area (Å²) in [4.78, 5) is 15.5. The Morgan fingerprint density at radius 1 is 1.03 bits per heavy atom. The van der Waals surface area contributed by atoms with Crippen molar-refractivity contribution in [3.05, 3.63) is 88.6 Å². The first kappa shape index (κ1) is 28.6. The zero-order chi connectivity index (χ0) is 24.9. The Labute approximate surface area is 217 Å². The summed E-state index contributed by atoms with van der Waals surface area (Å²) in [6.07, 6.45) is 0.354. The van der Waals surface area contributed by atoms with Crippen LogP contribution in [0.5, 0.6) is 0 Å². The molecule has 1 unspecified atom stereocenters. The zero-order valence-corrected chi connectivity index (χ0v) is 22.0. The summed E-state index contributed by atoms with van der Waals surface area (Å²) in [5.41, 5.74) is 2.57. The molecule has 0 spiro atoms. The van der Waals surface area contributed by atoms with Crippen LogP contribution in [-0.4, -0.2) is 31.0 Å². The molecule has 188 valence electrons. The van der Waals surface area contributed by atoms with Gasteiger partial charge < -0.3 is 10.4 Å². The summed E-state index contributed by atoms with van der Waals surface area (Å²) in [5.74, 6) is -0.676. The van der Waals surface area contributed by atoms with Crippen LogP contribution in [0.2, 0.25) is 5.02 Å². The van der Waals surface area contributed by atoms with Crippen LogP contribution in [0.25, 0.3) is 0 Å². The van der Waals surface area contributed by atoms with Crippen LogP contribution in [0.3, 0.4) is 0 Å². The molecule has 35 heavy (non-hydrogen) atoms. The quantitative estimate of drug-likeness (QED) is 0.345. The lowest BCUT2D eigenvalue weighted by Crippen LogP contribution is -2.31. The van der Waals surface area contributed by atoms with Crippen LogP contribution >= 0.6 is 24.0 Å². The fraction of sp³-hybridized carbons (Fsp3) is 0.280. The van der Waals surface area contributed by atoms with E-state index in [-0.39, 0.29) is 29.3 Å². The van der Waals surface area contributed by atoms with Crippen molar-refractivity contribution in [1.29, 1.82) is 0 Å². The van der Waals surface area contributed by atoms with Gasteiger partial charge in [0.15, 0.2) is 0 Å². The molecule has 0 fully saturated rings. The number of carbonyl (C=O) groups is 1. The molecule has 0 aliphatic carbocycles. The number of carboxylic acids is 1. The number of anilines is 1. The number of nitrogens with one attached hydrogen (secondary N) is 2. The highest BCUT2D eigenvalue weighted by molar-refractivity contribution is 7.89. The predicted octanol–water partition coefficient (Wildman–Crippen LogP) is 5.21. The maximum atomic E-state index is 13.1. The lowest BCUT2D eigenvalue weighted by atomic mass is 9.86. The molecule has 1 atom stereocenters. The van der Waals surface area contributed by atoms with E-state index in [0.717, 1.165) is 5.56 Å². The van der Waals surface area contributed by atoms with E-state index in [1.807, 2.05) is 24.3 Å². The summed E-state index contributed by atoms with van der Waals surface area (Å²) in [7, 11) is -3.88. The van der Waals surface area contributed by atoms with Crippen LogP contribution in [0.15, 0.2) is 71.6 Å². The van der Waals surface area contributed by atoms with Gasteiger partial charge >= 0.3 is 5.97 Å². The Hall–Kier alpha value is -2.65. The van der Waals surface area contributed by atoms with Crippen LogP contribution in [0.4, 0.5) is 5.82 Å². The second-order valence-electron chi connectivity index (χ2n) is 8.97. The first-order valence-electron chi connectivity index (χ1n) is 10.7. The van der Waals surface area contributed by atoms with Crippen molar-refractivity contribution in [2.45, 2.75) is 43.5 Å². The van der Waals surface area contributed by atoms with Gasteiger partial charge in [0, 0.05) is 5.02 Å². The number of carboxylic acid groups (broad SMARTS) is 1. The maximum Gasteiger partial charge on any atom is 0.322 e. The highest BCUT2D eigenvalue weighted by Gasteiger charge is 2.24. The fourth-order valence-electron chi connectivity index (χ4n) is 3.36. The second-order valence-corrected chi connectivity index (χ2v) is 11.1. The van der Waals surface area contributed by atoms with E-state index in [0.29, 0.717) is 23.0 Å². The summed E-state index contributed by atoms with van der Waals surface area (Å²) >= 11 is 5.91. The van der Waals surface area contributed by atoms with E-state index < -0.39 is 22.0 Å². The van der Waals surface area contributed by atoms with Gasteiger partial charge in [-0.25, -0.2) is 18.1 Å². The number of hydrogen-bond acceptors (Lipinski definition) is 5. The van der Waals surface area contributed by atoms with E-state index in [1.165, 1.54) is 29.8 Å². The van der Waals surface area contributed by atoms with Gasteiger partial charge in [-0.3, -0.25) is 4.79 Å². The zero-order valence-electron chi connectivity index (χ0n) is 19.7. The molecule has 3 N–H and O–H groups in total. The predicted molar refractivity (Wildman–Crippen MR) is 141 cm³/mol. The summed E-state index contributed by atoms with van der Waals surface area (Å²) in [6, 6.07) is 18.3. The molecule has 0 bridgehead atoms. The third-order valence-electron chi connectivity index (χ3n) is 5.23. The monoisotopic (exact) mass is 537 g/mol. The molecule has 0 aliphatic heterocycles. The van der Waals surface area contributed by atoms with Gasteiger partial charge in [-0.1, -0.05) is 62.7 Å². The minimum atomic E-state index is -3.88. The van der Waals surface area contributed by atoms with Crippen molar-refractivity contribution >= 4 is 45.8 Å². The molecule has 0 amide bonds. The summed E-state index contributed by atoms with van der Waals surface area (Å²) < 4.78 is 29.0. The Morgan fingerprint density at radius 3 is 2.23 bits per heavy atom. The molecule has 2 aromatic carbocycles. The van der Waals surface area contributed by atoms with Gasteiger partial charge in [0.25, 0.3) is 0 Å². The van der Waals surface area contributed by atoms with E-state index in [4.69, 9.17) is 16.7 Å². The molecule has 7 nitrogen and oxygen atoms in total. The van der Waals surface area contributed by atoms with Crippen molar-refractivity contribution in [1.82, 2.24) is 9.71 Å². The fourth-order valence-corrected chi connectivity index (χ4v) is 4.70. The highest BCUT2D eigenvalue weighted by Crippen LogP contribution is 2.26. The highest BCUT2D eigenvalue weighted by atomic mass is 35.5. The summed E-state index contributed by atoms with van der Waals surface area (Å²) in [6.45, 7) is 6.09. The molecule has 3 aromatic rings. The number of aromatic nitrogens is 1. The van der Waals surface area contributed by atoms with Gasteiger partial charge in [-0.05, 0) is 59.4 Å². The van der Waals surface area contributed by atoms with E-state index >= 15 is 0 Å². The third kappa shape index (κ3) is 8.21. The number of nitrogens with zero attached hydrogens (tertiary/aromatic N) is 1. The van der Waals surface area contributed by atoms with Crippen LogP contribution in [0.1, 0.15) is 43.6 Å². The minimum Gasteiger partial charge on any atom is -0.480 e. The molecule has 0 saturated carbocycles. The summed E-state index contributed by atoms with van der Waals surface area (Å²) in [5, 5.41) is 12.1. The molecular formula is C25H29Cl2N3O4S. The number of pyridine rings is 1. The van der Waals surface area contributed by atoms with Crippen molar-refractivity contribution in [2.24, 2.45) is 0 Å². The maximum absolute atomic E-state index is 13.1. The molecular weight excluding hydrogens is 509 g/mol. The minimum absolute atomic E-state index is 0. The van der Waals surface area contributed by atoms with E-state index in [2.05, 4.69) is 35.8 Å². The van der Waals surface area contributed by atoms with Gasteiger partial charge in [0.2, 0.25) is 10.0 Å². The SMILES string of the molecule is CC(C)(C)c1ccc(CC(NS(=O)(=O)c2ccc(Cl)cc2)c2cccc(NCC(=O)O)n2)cc1.Cl. The molecule has 0 aliphatic rings. The average molecular weight is 538 g/mol. The lowest BCUT2D eigenvalue weighted by Gasteiger charge is -2.21. The second kappa shape index (κ2) is 11.9. The Balaban J connectivity index is 0.00000432. The normalized spacial score (nSPS) is 12.5. The number of sulfonamides is 1. The number of hydrogen-bond donors (Lipinski definition) is 3. The van der Waals surface area contributed by atoms with Crippen LogP contribution in [-0.2, 0) is 26.7 Å². The number of benzene rings is 2. The van der Waals surface area contributed by atoms with E-state index in [9.17, 15) is 13.2 Å². The molecule has 1 heterocycles. The Morgan fingerprint density at radius 2 is 1.66 bits per heavy atom. The smallest absolute Gasteiger partial charge is 0.322 e. The molecule has 10 heteroatoms. The number of aliphatic carboxylic acids is 1.